The molecule has 33 heavy (non-hydrogen) atoms. The zero-order valence-electron chi connectivity index (χ0n) is 19.0. The Morgan fingerprint density at radius 3 is 2.94 bits per heavy atom. The van der Waals surface area contributed by atoms with Gasteiger partial charge in [0.25, 0.3) is 5.91 Å². The van der Waals surface area contributed by atoms with Gasteiger partial charge < -0.3 is 25.4 Å². The highest BCUT2D eigenvalue weighted by Gasteiger charge is 2.25. The number of carbonyl (C=O) groups excluding carboxylic acids is 1. The van der Waals surface area contributed by atoms with E-state index in [0.717, 1.165) is 60.6 Å². The van der Waals surface area contributed by atoms with E-state index in [-0.39, 0.29) is 12.0 Å². The van der Waals surface area contributed by atoms with Gasteiger partial charge in [0.15, 0.2) is 0 Å². The zero-order chi connectivity index (χ0) is 23.0. The molecule has 174 valence electrons. The first-order valence-electron chi connectivity index (χ1n) is 11.5. The van der Waals surface area contributed by atoms with E-state index in [1.165, 1.54) is 0 Å². The maximum Gasteiger partial charge on any atom is 0.251 e. The highest BCUT2D eigenvalue weighted by atomic mass is 16.5. The number of ether oxygens (including phenoxy) is 2. The van der Waals surface area contributed by atoms with Crippen molar-refractivity contribution in [2.24, 2.45) is 0 Å². The fraction of sp³-hybridized carbons (Fsp3) is 0.480. The van der Waals surface area contributed by atoms with Gasteiger partial charge in [-0.05, 0) is 43.5 Å². The number of nitrogens with zero attached hydrogens (tertiary/aromatic N) is 2. The SMILES string of the molecule is CO[C@@H]1CCNC[C@@H](C(=O)N[C@H](C#N)Cc2ccc(-c3ccc4c(n3)CCCN4)cc2)OC1. The fourth-order valence-corrected chi connectivity index (χ4v) is 4.15. The van der Waals surface area contributed by atoms with E-state index in [2.05, 4.69) is 28.1 Å². The molecule has 1 aromatic carbocycles. The van der Waals surface area contributed by atoms with Crippen LogP contribution in [0.25, 0.3) is 11.3 Å². The van der Waals surface area contributed by atoms with E-state index >= 15 is 0 Å². The van der Waals surface area contributed by atoms with Gasteiger partial charge in [0, 0.05) is 32.2 Å². The van der Waals surface area contributed by atoms with E-state index < -0.39 is 12.1 Å². The molecule has 1 fully saturated rings. The van der Waals surface area contributed by atoms with Crippen LogP contribution >= 0.6 is 0 Å². The van der Waals surface area contributed by atoms with Gasteiger partial charge in [-0.1, -0.05) is 24.3 Å². The Balaban J connectivity index is 1.35. The van der Waals surface area contributed by atoms with Crippen molar-refractivity contribution in [3.63, 3.8) is 0 Å². The van der Waals surface area contributed by atoms with Crippen molar-refractivity contribution < 1.29 is 14.3 Å². The molecule has 3 heterocycles. The summed E-state index contributed by atoms with van der Waals surface area (Å²) < 4.78 is 11.1. The monoisotopic (exact) mass is 449 g/mol. The van der Waals surface area contributed by atoms with Crippen LogP contribution in [0.2, 0.25) is 0 Å². The van der Waals surface area contributed by atoms with Crippen LogP contribution in [0.4, 0.5) is 5.69 Å². The zero-order valence-corrected chi connectivity index (χ0v) is 19.0. The number of anilines is 1. The standard InChI is InChI=1S/C25H31N5O3/c1-32-20-10-12-27-15-24(33-16-20)25(31)29-19(14-26)13-17-4-6-18(7-5-17)21-8-9-22-23(30-21)3-2-11-28-22/h4-9,19-20,24,27-28H,2-3,10-13,15-16H2,1H3,(H,29,31)/t19-,20+,24-/m0/s1. The van der Waals surface area contributed by atoms with Gasteiger partial charge in [0.05, 0.1) is 35.9 Å². The molecule has 1 amide bonds. The van der Waals surface area contributed by atoms with E-state index in [0.29, 0.717) is 19.6 Å². The Morgan fingerprint density at radius 1 is 1.30 bits per heavy atom. The summed E-state index contributed by atoms with van der Waals surface area (Å²) in [6, 6.07) is 13.7. The molecule has 0 unspecified atom stereocenters. The molecule has 0 bridgehead atoms. The lowest BCUT2D eigenvalue weighted by Crippen LogP contribution is -2.49. The van der Waals surface area contributed by atoms with E-state index in [1.807, 2.05) is 30.3 Å². The van der Waals surface area contributed by atoms with Crippen LogP contribution in [0, 0.1) is 11.3 Å². The number of benzene rings is 1. The molecule has 2 aliphatic heterocycles. The molecule has 2 aliphatic rings. The van der Waals surface area contributed by atoms with Crippen molar-refractivity contribution in [3.05, 3.63) is 47.7 Å². The van der Waals surface area contributed by atoms with E-state index in [1.54, 1.807) is 7.11 Å². The van der Waals surface area contributed by atoms with Crippen molar-refractivity contribution >= 4 is 11.6 Å². The predicted molar refractivity (Wildman–Crippen MR) is 126 cm³/mol. The maximum absolute atomic E-state index is 12.7. The fourth-order valence-electron chi connectivity index (χ4n) is 4.15. The number of amides is 1. The molecule has 0 aliphatic carbocycles. The summed E-state index contributed by atoms with van der Waals surface area (Å²) in [6.07, 6.45) is 2.65. The first-order valence-corrected chi connectivity index (χ1v) is 11.5. The molecule has 8 nitrogen and oxygen atoms in total. The Morgan fingerprint density at radius 2 is 2.15 bits per heavy atom. The second kappa shape index (κ2) is 11.2. The number of pyridine rings is 1. The molecule has 0 radical (unpaired) electrons. The number of carbonyl (C=O) groups is 1. The molecule has 4 rings (SSSR count). The first-order chi connectivity index (χ1) is 16.2. The minimum absolute atomic E-state index is 0.0424. The normalized spacial score (nSPS) is 21.5. The Hall–Kier alpha value is -2.99. The molecule has 8 heteroatoms. The molecule has 0 spiro atoms. The number of methoxy groups -OCH3 is 1. The van der Waals surface area contributed by atoms with Crippen molar-refractivity contribution in [1.82, 2.24) is 15.6 Å². The van der Waals surface area contributed by atoms with Gasteiger partial charge in [-0.25, -0.2) is 0 Å². The van der Waals surface area contributed by atoms with Crippen LogP contribution in [0.5, 0.6) is 0 Å². The molecule has 2 aromatic rings. The summed E-state index contributed by atoms with van der Waals surface area (Å²) in [4.78, 5) is 17.5. The first kappa shape index (κ1) is 23.2. The summed E-state index contributed by atoms with van der Waals surface area (Å²) in [6.45, 7) is 2.53. The highest BCUT2D eigenvalue weighted by molar-refractivity contribution is 5.81. The van der Waals surface area contributed by atoms with Crippen LogP contribution in [0.15, 0.2) is 36.4 Å². The third kappa shape index (κ3) is 6.08. The van der Waals surface area contributed by atoms with Crippen LogP contribution in [-0.2, 0) is 27.1 Å². The molecule has 1 aromatic heterocycles. The minimum atomic E-state index is -0.647. The van der Waals surface area contributed by atoms with E-state index in [9.17, 15) is 10.1 Å². The number of nitrogens with one attached hydrogen (secondary N) is 3. The smallest absolute Gasteiger partial charge is 0.251 e. The molecule has 3 N–H and O–H groups in total. The number of aryl methyl sites for hydroxylation is 1. The lowest BCUT2D eigenvalue weighted by molar-refractivity contribution is -0.136. The maximum atomic E-state index is 12.7. The number of fused-ring (bicyclic) bond motifs is 1. The van der Waals surface area contributed by atoms with Gasteiger partial charge in [0.1, 0.15) is 12.1 Å². The number of nitriles is 1. The molecule has 1 saturated heterocycles. The second-order valence-electron chi connectivity index (χ2n) is 8.48. The number of aromatic nitrogens is 1. The lowest BCUT2D eigenvalue weighted by Gasteiger charge is -2.25. The van der Waals surface area contributed by atoms with Crippen molar-refractivity contribution in [2.75, 3.05) is 38.7 Å². The largest absolute Gasteiger partial charge is 0.384 e. The van der Waals surface area contributed by atoms with Crippen molar-refractivity contribution in [1.29, 1.82) is 5.26 Å². The Kier molecular flexibility index (Phi) is 7.89. The lowest BCUT2D eigenvalue weighted by atomic mass is 10.0. The second-order valence-corrected chi connectivity index (χ2v) is 8.48. The third-order valence-electron chi connectivity index (χ3n) is 6.12. The highest BCUT2D eigenvalue weighted by Crippen LogP contribution is 2.25. The summed E-state index contributed by atoms with van der Waals surface area (Å²) >= 11 is 0. The summed E-state index contributed by atoms with van der Waals surface area (Å²) in [7, 11) is 1.64. The molecular weight excluding hydrogens is 418 g/mol. The summed E-state index contributed by atoms with van der Waals surface area (Å²) in [5, 5.41) is 19.0. The van der Waals surface area contributed by atoms with Crippen LogP contribution in [0.3, 0.4) is 0 Å². The quantitative estimate of drug-likeness (QED) is 0.619. The van der Waals surface area contributed by atoms with Crippen LogP contribution in [-0.4, -0.2) is 62.5 Å². The number of hydrogen-bond acceptors (Lipinski definition) is 7. The summed E-state index contributed by atoms with van der Waals surface area (Å²) in [5.74, 6) is -0.283. The average molecular weight is 450 g/mol. The van der Waals surface area contributed by atoms with Gasteiger partial charge >= 0.3 is 0 Å². The van der Waals surface area contributed by atoms with Gasteiger partial charge in [0.2, 0.25) is 0 Å². The van der Waals surface area contributed by atoms with Crippen LogP contribution in [0.1, 0.15) is 24.1 Å². The average Bonchev–Trinajstić information content (AvgIpc) is 2.84. The number of rotatable bonds is 6. The van der Waals surface area contributed by atoms with Gasteiger partial charge in [-0.3, -0.25) is 9.78 Å². The predicted octanol–water partition coefficient (Wildman–Crippen LogP) is 2.05. The molecule has 0 saturated carbocycles. The topological polar surface area (TPSA) is 108 Å². The Bertz CT molecular complexity index is 989. The van der Waals surface area contributed by atoms with E-state index in [4.69, 9.17) is 14.5 Å². The van der Waals surface area contributed by atoms with Gasteiger partial charge in [-0.15, -0.1) is 0 Å². The molecular formula is C25H31N5O3. The van der Waals surface area contributed by atoms with Crippen LogP contribution < -0.4 is 16.0 Å². The van der Waals surface area contributed by atoms with Crippen molar-refractivity contribution in [3.8, 4) is 17.3 Å². The minimum Gasteiger partial charge on any atom is -0.384 e. The molecule has 3 atom stereocenters. The van der Waals surface area contributed by atoms with Gasteiger partial charge in [-0.2, -0.15) is 5.26 Å². The number of hydrogen-bond donors (Lipinski definition) is 3. The Labute approximate surface area is 194 Å². The van der Waals surface area contributed by atoms with Crippen molar-refractivity contribution in [2.45, 2.75) is 43.9 Å². The third-order valence-corrected chi connectivity index (χ3v) is 6.12. The summed E-state index contributed by atoms with van der Waals surface area (Å²) in [5.41, 5.74) is 5.18.